The summed E-state index contributed by atoms with van der Waals surface area (Å²) in [5.41, 5.74) is 1.26. The number of piperidine rings is 1. The summed E-state index contributed by atoms with van der Waals surface area (Å²) >= 11 is 0. The number of benzene rings is 1. The standard InChI is InChI=1S/C17H26N2O/c1-17(2,12-11-14-8-5-4-6-9-14)19-13-7-10-15(18-3)16(19)20/h4-6,8-9,15,18H,7,10-13H2,1-3H3. The van der Waals surface area contributed by atoms with Gasteiger partial charge >= 0.3 is 0 Å². The first-order valence-electron chi connectivity index (χ1n) is 7.57. The molecule has 3 heteroatoms. The molecule has 3 nitrogen and oxygen atoms in total. The van der Waals surface area contributed by atoms with Crippen LogP contribution >= 0.6 is 0 Å². The highest BCUT2D eigenvalue weighted by molar-refractivity contribution is 5.83. The van der Waals surface area contributed by atoms with Gasteiger partial charge in [-0.2, -0.15) is 0 Å². The number of carbonyl (C=O) groups is 1. The van der Waals surface area contributed by atoms with Crippen LogP contribution < -0.4 is 5.32 Å². The lowest BCUT2D eigenvalue weighted by atomic mass is 9.90. The van der Waals surface area contributed by atoms with Gasteiger partial charge in [-0.3, -0.25) is 4.79 Å². The maximum Gasteiger partial charge on any atom is 0.240 e. The molecule has 0 saturated carbocycles. The van der Waals surface area contributed by atoms with E-state index in [1.807, 2.05) is 13.1 Å². The molecule has 0 aliphatic carbocycles. The Morgan fingerprint density at radius 2 is 2.00 bits per heavy atom. The van der Waals surface area contributed by atoms with E-state index in [0.717, 1.165) is 32.2 Å². The SMILES string of the molecule is CNC1CCCN(C(C)(C)CCc2ccccc2)C1=O. The van der Waals surface area contributed by atoms with Crippen LogP contribution in [0.5, 0.6) is 0 Å². The van der Waals surface area contributed by atoms with Crippen molar-refractivity contribution in [1.29, 1.82) is 0 Å². The molecule has 1 heterocycles. The summed E-state index contributed by atoms with van der Waals surface area (Å²) in [5.74, 6) is 0.261. The van der Waals surface area contributed by atoms with Crippen LogP contribution in [-0.2, 0) is 11.2 Å². The Bertz CT molecular complexity index is 442. The molecule has 0 radical (unpaired) electrons. The molecular formula is C17H26N2O. The van der Waals surface area contributed by atoms with Crippen LogP contribution in [0.2, 0.25) is 0 Å². The number of hydrogen-bond acceptors (Lipinski definition) is 2. The van der Waals surface area contributed by atoms with E-state index in [4.69, 9.17) is 0 Å². The summed E-state index contributed by atoms with van der Waals surface area (Å²) in [6.45, 7) is 5.26. The molecule has 1 atom stereocenters. The molecule has 1 aromatic carbocycles. The van der Waals surface area contributed by atoms with Gasteiger partial charge in [0, 0.05) is 12.1 Å². The fraction of sp³-hybridized carbons (Fsp3) is 0.588. The molecule has 1 amide bonds. The van der Waals surface area contributed by atoms with Gasteiger partial charge in [-0.15, -0.1) is 0 Å². The molecule has 1 aliphatic rings. The molecule has 0 bridgehead atoms. The third kappa shape index (κ3) is 3.40. The number of carbonyl (C=O) groups excluding carboxylic acids is 1. The van der Waals surface area contributed by atoms with Crippen molar-refractivity contribution < 1.29 is 4.79 Å². The van der Waals surface area contributed by atoms with Gasteiger partial charge in [0.2, 0.25) is 5.91 Å². The first-order valence-corrected chi connectivity index (χ1v) is 7.57. The van der Waals surface area contributed by atoms with E-state index >= 15 is 0 Å². The third-order valence-corrected chi connectivity index (χ3v) is 4.39. The summed E-state index contributed by atoms with van der Waals surface area (Å²) in [6, 6.07) is 10.5. The van der Waals surface area contributed by atoms with Gasteiger partial charge in [0.25, 0.3) is 0 Å². The molecule has 2 rings (SSSR count). The molecule has 1 N–H and O–H groups in total. The lowest BCUT2D eigenvalue weighted by molar-refractivity contribution is -0.142. The van der Waals surface area contributed by atoms with Crippen LogP contribution in [0.4, 0.5) is 0 Å². The first-order chi connectivity index (χ1) is 9.54. The molecule has 1 fully saturated rings. The van der Waals surface area contributed by atoms with Crippen molar-refractivity contribution in [2.45, 2.75) is 51.1 Å². The topological polar surface area (TPSA) is 32.3 Å². The molecule has 1 aliphatic heterocycles. The van der Waals surface area contributed by atoms with Crippen LogP contribution in [0, 0.1) is 0 Å². The largest absolute Gasteiger partial charge is 0.336 e. The Kier molecular flexibility index (Phi) is 4.81. The lowest BCUT2D eigenvalue weighted by Crippen LogP contribution is -2.57. The van der Waals surface area contributed by atoms with E-state index in [-0.39, 0.29) is 17.5 Å². The summed E-state index contributed by atoms with van der Waals surface area (Å²) < 4.78 is 0. The van der Waals surface area contributed by atoms with E-state index in [1.54, 1.807) is 0 Å². The van der Waals surface area contributed by atoms with E-state index in [2.05, 4.69) is 48.3 Å². The fourth-order valence-corrected chi connectivity index (χ4v) is 2.97. The molecule has 0 spiro atoms. The predicted molar refractivity (Wildman–Crippen MR) is 82.6 cm³/mol. The van der Waals surface area contributed by atoms with Crippen molar-refractivity contribution >= 4 is 5.91 Å². The van der Waals surface area contributed by atoms with E-state index in [1.165, 1.54) is 5.56 Å². The van der Waals surface area contributed by atoms with Gasteiger partial charge in [-0.05, 0) is 52.1 Å². The van der Waals surface area contributed by atoms with Crippen LogP contribution in [0.3, 0.4) is 0 Å². The van der Waals surface area contributed by atoms with Crippen LogP contribution in [0.25, 0.3) is 0 Å². The zero-order chi connectivity index (χ0) is 14.6. The summed E-state index contributed by atoms with van der Waals surface area (Å²) in [5, 5.41) is 3.14. The highest BCUT2D eigenvalue weighted by Crippen LogP contribution is 2.26. The third-order valence-electron chi connectivity index (χ3n) is 4.39. The molecular weight excluding hydrogens is 248 g/mol. The van der Waals surface area contributed by atoms with Crippen molar-refractivity contribution in [3.63, 3.8) is 0 Å². The number of nitrogens with zero attached hydrogens (tertiary/aromatic N) is 1. The highest BCUT2D eigenvalue weighted by atomic mass is 16.2. The molecule has 1 aromatic rings. The number of rotatable bonds is 5. The number of amides is 1. The minimum Gasteiger partial charge on any atom is -0.336 e. The van der Waals surface area contributed by atoms with Crippen molar-refractivity contribution in [2.75, 3.05) is 13.6 Å². The Morgan fingerprint density at radius 1 is 1.30 bits per heavy atom. The Hall–Kier alpha value is -1.35. The van der Waals surface area contributed by atoms with Gasteiger partial charge < -0.3 is 10.2 Å². The van der Waals surface area contributed by atoms with E-state index < -0.39 is 0 Å². The maximum absolute atomic E-state index is 12.5. The maximum atomic E-state index is 12.5. The second kappa shape index (κ2) is 6.40. The Balaban J connectivity index is 2.00. The number of nitrogens with one attached hydrogen (secondary N) is 1. The Morgan fingerprint density at radius 3 is 2.65 bits per heavy atom. The van der Waals surface area contributed by atoms with E-state index in [0.29, 0.717) is 0 Å². The number of likely N-dealkylation sites (N-methyl/N-ethyl adjacent to an activating group) is 1. The molecule has 0 aromatic heterocycles. The van der Waals surface area contributed by atoms with Crippen molar-refractivity contribution in [3.05, 3.63) is 35.9 Å². The Labute approximate surface area is 122 Å². The van der Waals surface area contributed by atoms with Crippen molar-refractivity contribution in [1.82, 2.24) is 10.2 Å². The second-order valence-corrected chi connectivity index (χ2v) is 6.27. The number of likely N-dealkylation sites (tertiary alicyclic amines) is 1. The fourth-order valence-electron chi connectivity index (χ4n) is 2.97. The molecule has 20 heavy (non-hydrogen) atoms. The second-order valence-electron chi connectivity index (χ2n) is 6.27. The van der Waals surface area contributed by atoms with Crippen molar-refractivity contribution in [3.8, 4) is 0 Å². The quantitative estimate of drug-likeness (QED) is 0.895. The zero-order valence-electron chi connectivity index (χ0n) is 12.9. The van der Waals surface area contributed by atoms with Gasteiger partial charge in [0.05, 0.1) is 6.04 Å². The van der Waals surface area contributed by atoms with Crippen LogP contribution in [-0.4, -0.2) is 36.0 Å². The number of hydrogen-bond donors (Lipinski definition) is 1. The first kappa shape index (κ1) is 15.0. The summed E-state index contributed by atoms with van der Waals surface area (Å²) in [6.07, 6.45) is 4.06. The van der Waals surface area contributed by atoms with Crippen LogP contribution in [0.1, 0.15) is 38.7 Å². The molecule has 1 saturated heterocycles. The van der Waals surface area contributed by atoms with Gasteiger partial charge in [0.1, 0.15) is 0 Å². The minimum atomic E-state index is -0.0809. The van der Waals surface area contributed by atoms with Gasteiger partial charge in [0.15, 0.2) is 0 Å². The van der Waals surface area contributed by atoms with Gasteiger partial charge in [-0.1, -0.05) is 30.3 Å². The zero-order valence-corrected chi connectivity index (χ0v) is 12.9. The number of aryl methyl sites for hydroxylation is 1. The smallest absolute Gasteiger partial charge is 0.240 e. The predicted octanol–water partition coefficient (Wildman–Crippen LogP) is 2.61. The van der Waals surface area contributed by atoms with E-state index in [9.17, 15) is 4.79 Å². The lowest BCUT2D eigenvalue weighted by Gasteiger charge is -2.43. The van der Waals surface area contributed by atoms with Crippen molar-refractivity contribution in [2.24, 2.45) is 0 Å². The molecule has 1 unspecified atom stereocenters. The highest BCUT2D eigenvalue weighted by Gasteiger charge is 2.36. The average Bonchev–Trinajstić information content (AvgIpc) is 2.46. The van der Waals surface area contributed by atoms with Crippen LogP contribution in [0.15, 0.2) is 30.3 Å². The summed E-state index contributed by atoms with van der Waals surface area (Å²) in [7, 11) is 1.88. The average molecular weight is 274 g/mol. The minimum absolute atomic E-state index is 0.000231. The summed E-state index contributed by atoms with van der Waals surface area (Å²) in [4.78, 5) is 14.5. The normalized spacial score (nSPS) is 20.2. The monoisotopic (exact) mass is 274 g/mol. The molecule has 110 valence electrons. The van der Waals surface area contributed by atoms with Gasteiger partial charge in [-0.25, -0.2) is 0 Å².